The predicted molar refractivity (Wildman–Crippen MR) is 175 cm³/mol. The van der Waals surface area contributed by atoms with E-state index in [2.05, 4.69) is 20.1 Å². The summed E-state index contributed by atoms with van der Waals surface area (Å²) in [4.78, 5) is 72.4. The Labute approximate surface area is 282 Å². The Kier molecular flexibility index (Phi) is 12.7. The number of halogens is 1. The number of fused-ring (bicyclic) bond motifs is 1. The lowest BCUT2D eigenvalue weighted by atomic mass is 10.0. The molecule has 47 heavy (non-hydrogen) atoms. The molecule has 0 bridgehead atoms. The number of benzene rings is 2. The van der Waals surface area contributed by atoms with E-state index in [0.29, 0.717) is 46.0 Å². The summed E-state index contributed by atoms with van der Waals surface area (Å²) in [6.45, 7) is 5.81. The highest BCUT2D eigenvalue weighted by molar-refractivity contribution is 14.1. The Bertz CT molecular complexity index is 1690. The number of nitrogens with one attached hydrogen (secondary N) is 2. The summed E-state index contributed by atoms with van der Waals surface area (Å²) < 4.78 is 25.4. The van der Waals surface area contributed by atoms with Crippen molar-refractivity contribution in [3.8, 4) is 28.6 Å². The van der Waals surface area contributed by atoms with Gasteiger partial charge in [0.25, 0.3) is 10.6 Å². The summed E-state index contributed by atoms with van der Waals surface area (Å²) >= 11 is 1.52. The SMILES string of the molecule is CCOC(=O)C(I)(CC(=O)OCC(CC)Oc1c(C)cc(-c2nc3cc(OC)cc(OC)c3c(=O)[nH]2)cc1C)NC(=O)CO[N+](=O)[O-]. The lowest BCUT2D eigenvalue weighted by Gasteiger charge is -2.26. The number of hydrogen-bond donors (Lipinski definition) is 2. The molecule has 1 aromatic heterocycles. The number of carbonyl (C=O) groups excluding carboxylic acids is 3. The Morgan fingerprint density at radius 1 is 1.09 bits per heavy atom. The third kappa shape index (κ3) is 9.43. The third-order valence-electron chi connectivity index (χ3n) is 6.73. The van der Waals surface area contributed by atoms with E-state index < -0.39 is 45.6 Å². The first-order valence-electron chi connectivity index (χ1n) is 14.3. The highest BCUT2D eigenvalue weighted by Crippen LogP contribution is 2.32. The maximum absolute atomic E-state index is 13.0. The van der Waals surface area contributed by atoms with E-state index >= 15 is 0 Å². The average Bonchev–Trinajstić information content (AvgIpc) is 3.02. The summed E-state index contributed by atoms with van der Waals surface area (Å²) in [5, 5.41) is 11.8. The van der Waals surface area contributed by atoms with E-state index in [4.69, 9.17) is 23.7 Å². The molecule has 0 fully saturated rings. The Hall–Kier alpha value is -4.68. The van der Waals surface area contributed by atoms with Gasteiger partial charge in [0.05, 0.1) is 32.8 Å². The molecule has 0 spiro atoms. The first-order chi connectivity index (χ1) is 22.2. The maximum Gasteiger partial charge on any atom is 0.342 e. The molecule has 0 radical (unpaired) electrons. The zero-order valence-electron chi connectivity index (χ0n) is 26.6. The molecule has 2 N–H and O–H groups in total. The number of aromatic amines is 1. The first-order valence-corrected chi connectivity index (χ1v) is 15.4. The highest BCUT2D eigenvalue weighted by atomic mass is 127. The smallest absolute Gasteiger partial charge is 0.342 e. The molecular formula is C30H35IN4O12. The molecule has 254 valence electrons. The summed E-state index contributed by atoms with van der Waals surface area (Å²) in [7, 11) is 2.96. The molecule has 1 amide bonds. The van der Waals surface area contributed by atoms with Gasteiger partial charge in [-0.05, 0) is 73.0 Å². The van der Waals surface area contributed by atoms with Gasteiger partial charge in [0, 0.05) is 17.7 Å². The minimum absolute atomic E-state index is 0.0420. The Morgan fingerprint density at radius 2 is 1.77 bits per heavy atom. The van der Waals surface area contributed by atoms with Crippen molar-refractivity contribution in [2.24, 2.45) is 0 Å². The van der Waals surface area contributed by atoms with Crippen LogP contribution in [0.2, 0.25) is 0 Å². The van der Waals surface area contributed by atoms with Gasteiger partial charge in [-0.15, -0.1) is 10.1 Å². The van der Waals surface area contributed by atoms with Crippen LogP contribution in [-0.4, -0.2) is 76.6 Å². The van der Waals surface area contributed by atoms with Crippen LogP contribution in [0, 0.1) is 24.0 Å². The molecule has 1 heterocycles. The van der Waals surface area contributed by atoms with Crippen LogP contribution in [0.4, 0.5) is 0 Å². The van der Waals surface area contributed by atoms with Crippen LogP contribution < -0.4 is 25.1 Å². The summed E-state index contributed by atoms with van der Waals surface area (Å²) in [6.07, 6.45) is -0.775. The van der Waals surface area contributed by atoms with Crippen molar-refractivity contribution in [1.82, 2.24) is 15.3 Å². The topological polar surface area (TPSA) is 208 Å². The molecule has 16 nitrogen and oxygen atoms in total. The number of carbonyl (C=O) groups is 3. The zero-order valence-corrected chi connectivity index (χ0v) is 28.8. The third-order valence-corrected chi connectivity index (χ3v) is 7.82. The summed E-state index contributed by atoms with van der Waals surface area (Å²) in [6, 6.07) is 6.86. The van der Waals surface area contributed by atoms with Gasteiger partial charge >= 0.3 is 11.9 Å². The molecule has 0 saturated carbocycles. The number of H-pyrrole nitrogens is 1. The molecule has 2 aromatic carbocycles. The van der Waals surface area contributed by atoms with E-state index in [9.17, 15) is 29.3 Å². The second-order valence-corrected chi connectivity index (χ2v) is 12.0. The standard InChI is InChI=1S/C30H35IN4O12/c1-7-19(14-45-24(37)13-30(31,29(39)44-8-2)34-23(36)15-46-35(40)41)47-26-16(3)9-18(10-17(26)4)27-32-21-11-20(42-5)12-22(43-6)25(21)28(38)33-27/h9-12,19H,7-8,13-15H2,1-6H3,(H,34,36)(H,32,33,38). The molecule has 3 rings (SSSR count). The van der Waals surface area contributed by atoms with E-state index in [-0.39, 0.29) is 18.8 Å². The van der Waals surface area contributed by atoms with Crippen molar-refractivity contribution in [1.29, 1.82) is 0 Å². The van der Waals surface area contributed by atoms with Crippen molar-refractivity contribution >= 4 is 51.3 Å². The van der Waals surface area contributed by atoms with Crippen molar-refractivity contribution in [2.45, 2.75) is 50.2 Å². The Balaban J connectivity index is 1.76. The van der Waals surface area contributed by atoms with Gasteiger partial charge in [-0.2, -0.15) is 0 Å². The van der Waals surface area contributed by atoms with Gasteiger partial charge in [0.15, 0.2) is 6.61 Å². The van der Waals surface area contributed by atoms with Crippen LogP contribution in [0.1, 0.15) is 37.8 Å². The minimum Gasteiger partial charge on any atom is -0.497 e. The molecule has 0 saturated heterocycles. The van der Waals surface area contributed by atoms with E-state index in [1.165, 1.54) is 43.7 Å². The molecule has 0 aliphatic heterocycles. The number of nitrogens with zero attached hydrogens (tertiary/aromatic N) is 2. The minimum atomic E-state index is -1.90. The maximum atomic E-state index is 13.0. The molecule has 2 unspecified atom stereocenters. The molecule has 0 aliphatic rings. The molecule has 3 aromatic rings. The fourth-order valence-electron chi connectivity index (χ4n) is 4.52. The quantitative estimate of drug-likeness (QED) is 0.0536. The van der Waals surface area contributed by atoms with Gasteiger partial charge in [-0.25, -0.2) is 9.78 Å². The van der Waals surface area contributed by atoms with Crippen LogP contribution in [0.25, 0.3) is 22.3 Å². The van der Waals surface area contributed by atoms with Crippen molar-refractivity contribution in [2.75, 3.05) is 34.0 Å². The predicted octanol–water partition coefficient (Wildman–Crippen LogP) is 3.33. The fraction of sp³-hybridized carbons (Fsp3) is 0.433. The van der Waals surface area contributed by atoms with Crippen molar-refractivity contribution in [3.05, 3.63) is 55.9 Å². The van der Waals surface area contributed by atoms with Gasteiger partial charge < -0.3 is 38.8 Å². The van der Waals surface area contributed by atoms with Crippen LogP contribution in [-0.2, 0) is 28.7 Å². The lowest BCUT2D eigenvalue weighted by Crippen LogP contribution is -2.53. The van der Waals surface area contributed by atoms with Crippen LogP contribution in [0.5, 0.6) is 17.2 Å². The van der Waals surface area contributed by atoms with E-state index in [1.54, 1.807) is 24.3 Å². The number of methoxy groups -OCH3 is 2. The fourth-order valence-corrected chi connectivity index (χ4v) is 5.29. The van der Waals surface area contributed by atoms with Gasteiger partial charge in [-0.3, -0.25) is 14.4 Å². The molecule has 2 atom stereocenters. The number of alkyl halides is 1. The number of hydrogen-bond acceptors (Lipinski definition) is 13. The lowest BCUT2D eigenvalue weighted by molar-refractivity contribution is -0.754. The van der Waals surface area contributed by atoms with Gasteiger partial charge in [0.2, 0.25) is 9.45 Å². The molecule has 17 heteroatoms. The average molecular weight is 771 g/mol. The number of aromatic nitrogens is 2. The normalized spacial score (nSPS) is 12.7. The van der Waals surface area contributed by atoms with Gasteiger partial charge in [0.1, 0.15) is 41.2 Å². The van der Waals surface area contributed by atoms with E-state index in [1.807, 2.05) is 20.8 Å². The number of esters is 2. The van der Waals surface area contributed by atoms with Crippen LogP contribution in [0.3, 0.4) is 0 Å². The monoisotopic (exact) mass is 770 g/mol. The second kappa shape index (κ2) is 16.2. The van der Waals surface area contributed by atoms with Crippen molar-refractivity contribution < 1.29 is 48.0 Å². The molecular weight excluding hydrogens is 735 g/mol. The summed E-state index contributed by atoms with van der Waals surface area (Å²) in [5.41, 5.74) is 2.10. The van der Waals surface area contributed by atoms with Crippen LogP contribution >= 0.6 is 22.6 Å². The number of rotatable bonds is 16. The zero-order chi connectivity index (χ0) is 34.9. The number of aryl methyl sites for hydroxylation is 2. The largest absolute Gasteiger partial charge is 0.497 e. The Morgan fingerprint density at radius 3 is 2.34 bits per heavy atom. The highest BCUT2D eigenvalue weighted by Gasteiger charge is 2.42. The number of ether oxygens (including phenoxy) is 5. The molecule has 0 aliphatic carbocycles. The van der Waals surface area contributed by atoms with Crippen LogP contribution in [0.15, 0.2) is 29.1 Å². The summed E-state index contributed by atoms with van der Waals surface area (Å²) in [5.74, 6) is -1.12. The van der Waals surface area contributed by atoms with Crippen molar-refractivity contribution in [3.63, 3.8) is 0 Å². The van der Waals surface area contributed by atoms with E-state index in [0.717, 1.165) is 11.1 Å². The first kappa shape index (κ1) is 36.8. The number of amides is 1. The second-order valence-electron chi connectivity index (χ2n) is 10.2. The van der Waals surface area contributed by atoms with Gasteiger partial charge in [-0.1, -0.05) is 6.92 Å².